The molecule has 0 aliphatic heterocycles. The maximum atomic E-state index is 3.31. The Morgan fingerprint density at radius 2 is 2.14 bits per heavy atom. The molecule has 0 heterocycles. The summed E-state index contributed by atoms with van der Waals surface area (Å²) in [7, 11) is 0. The van der Waals surface area contributed by atoms with Crippen LogP contribution in [0.5, 0.6) is 0 Å². The molecule has 0 atom stereocenters. The summed E-state index contributed by atoms with van der Waals surface area (Å²) in [6.45, 7) is 2.25. The van der Waals surface area contributed by atoms with Crippen molar-refractivity contribution in [3.63, 3.8) is 0 Å². The van der Waals surface area contributed by atoms with Gasteiger partial charge in [0.2, 0.25) is 0 Å². The van der Waals surface area contributed by atoms with Gasteiger partial charge < -0.3 is 0 Å². The van der Waals surface area contributed by atoms with Gasteiger partial charge in [0.15, 0.2) is 0 Å². The van der Waals surface area contributed by atoms with Crippen molar-refractivity contribution in [1.29, 1.82) is 0 Å². The minimum Gasteiger partial charge on any atom is -0.258 e. The van der Waals surface area contributed by atoms with E-state index in [1.165, 1.54) is 12.8 Å². The van der Waals surface area contributed by atoms with Gasteiger partial charge in [0, 0.05) is 5.54 Å². The molecule has 0 bridgehead atoms. The second kappa shape index (κ2) is 1.67. The average molecular weight is 117 g/mol. The Balaban J connectivity index is 2.13. The Hall–Kier alpha value is 0.310. The molecule has 2 heteroatoms. The summed E-state index contributed by atoms with van der Waals surface area (Å²) < 4.78 is 3.31. The SMILES string of the molecule is CSNC1(C)CC1. The first-order valence-electron chi connectivity index (χ1n) is 2.57. The van der Waals surface area contributed by atoms with Crippen LogP contribution in [0.2, 0.25) is 0 Å². The van der Waals surface area contributed by atoms with Crippen molar-refractivity contribution in [1.82, 2.24) is 4.72 Å². The molecule has 0 radical (unpaired) electrons. The van der Waals surface area contributed by atoms with Gasteiger partial charge in [0.1, 0.15) is 0 Å². The fourth-order valence-corrected chi connectivity index (χ4v) is 1.23. The molecule has 1 aliphatic rings. The minimum atomic E-state index is 0.513. The maximum Gasteiger partial charge on any atom is 0.0256 e. The highest BCUT2D eigenvalue weighted by Gasteiger charge is 2.36. The molecule has 0 unspecified atom stereocenters. The van der Waals surface area contributed by atoms with E-state index in [0.29, 0.717) is 5.54 Å². The van der Waals surface area contributed by atoms with E-state index in [4.69, 9.17) is 0 Å². The van der Waals surface area contributed by atoms with Crippen LogP contribution >= 0.6 is 11.9 Å². The summed E-state index contributed by atoms with van der Waals surface area (Å²) in [4.78, 5) is 0. The summed E-state index contributed by atoms with van der Waals surface area (Å²) in [5, 5.41) is 0. The molecule has 1 N–H and O–H groups in total. The van der Waals surface area contributed by atoms with Gasteiger partial charge in [-0.1, -0.05) is 11.9 Å². The van der Waals surface area contributed by atoms with Crippen LogP contribution in [0.1, 0.15) is 19.8 Å². The first-order chi connectivity index (χ1) is 3.27. The van der Waals surface area contributed by atoms with Gasteiger partial charge in [0.25, 0.3) is 0 Å². The van der Waals surface area contributed by atoms with E-state index in [0.717, 1.165) is 0 Å². The molecule has 0 spiro atoms. The molecule has 1 nitrogen and oxygen atoms in total. The van der Waals surface area contributed by atoms with Crippen LogP contribution in [0.25, 0.3) is 0 Å². The number of nitrogens with one attached hydrogen (secondary N) is 1. The van der Waals surface area contributed by atoms with Crippen LogP contribution in [-0.4, -0.2) is 11.8 Å². The summed E-state index contributed by atoms with van der Waals surface area (Å²) >= 11 is 1.72. The lowest BCUT2D eigenvalue weighted by molar-refractivity contribution is 0.703. The Bertz CT molecular complexity index is 68.5. The third-order valence-corrected chi connectivity index (χ3v) is 2.05. The molecule has 1 rings (SSSR count). The molecular formula is C5H11NS. The molecule has 1 fully saturated rings. The van der Waals surface area contributed by atoms with Crippen molar-refractivity contribution in [3.05, 3.63) is 0 Å². The molecular weight excluding hydrogens is 106 g/mol. The van der Waals surface area contributed by atoms with Crippen LogP contribution < -0.4 is 4.72 Å². The molecule has 1 saturated carbocycles. The predicted molar refractivity (Wildman–Crippen MR) is 34.3 cm³/mol. The predicted octanol–water partition coefficient (Wildman–Crippen LogP) is 1.41. The van der Waals surface area contributed by atoms with E-state index in [-0.39, 0.29) is 0 Å². The molecule has 7 heavy (non-hydrogen) atoms. The summed E-state index contributed by atoms with van der Waals surface area (Å²) in [5.74, 6) is 0. The van der Waals surface area contributed by atoms with Gasteiger partial charge in [-0.25, -0.2) is 0 Å². The van der Waals surface area contributed by atoms with Gasteiger partial charge in [0.05, 0.1) is 0 Å². The molecule has 0 amide bonds. The van der Waals surface area contributed by atoms with Crippen molar-refractivity contribution >= 4 is 11.9 Å². The number of hydrogen-bond donors (Lipinski definition) is 1. The van der Waals surface area contributed by atoms with Crippen LogP contribution in [0.15, 0.2) is 0 Å². The first kappa shape index (κ1) is 5.45. The van der Waals surface area contributed by atoms with Crippen molar-refractivity contribution in [2.45, 2.75) is 25.3 Å². The van der Waals surface area contributed by atoms with Gasteiger partial charge in [-0.15, -0.1) is 0 Å². The quantitative estimate of drug-likeness (QED) is 0.549. The molecule has 0 aromatic rings. The molecule has 0 saturated heterocycles. The Kier molecular flexibility index (Phi) is 1.30. The smallest absolute Gasteiger partial charge is 0.0256 e. The fraction of sp³-hybridized carbons (Fsp3) is 1.00. The van der Waals surface area contributed by atoms with E-state index in [2.05, 4.69) is 17.9 Å². The van der Waals surface area contributed by atoms with Crippen molar-refractivity contribution in [2.75, 3.05) is 6.26 Å². The van der Waals surface area contributed by atoms with E-state index in [1.807, 2.05) is 0 Å². The summed E-state index contributed by atoms with van der Waals surface area (Å²) in [5.41, 5.74) is 0.513. The van der Waals surface area contributed by atoms with Gasteiger partial charge >= 0.3 is 0 Å². The summed E-state index contributed by atoms with van der Waals surface area (Å²) in [6, 6.07) is 0. The summed E-state index contributed by atoms with van der Waals surface area (Å²) in [6.07, 6.45) is 4.78. The highest BCUT2D eigenvalue weighted by Crippen LogP contribution is 2.35. The third-order valence-electron chi connectivity index (χ3n) is 1.35. The van der Waals surface area contributed by atoms with Crippen molar-refractivity contribution < 1.29 is 0 Å². The van der Waals surface area contributed by atoms with Crippen LogP contribution in [0.3, 0.4) is 0 Å². The van der Waals surface area contributed by atoms with Gasteiger partial charge in [-0.05, 0) is 26.0 Å². The van der Waals surface area contributed by atoms with Crippen molar-refractivity contribution in [3.8, 4) is 0 Å². The lowest BCUT2D eigenvalue weighted by Crippen LogP contribution is -2.19. The zero-order valence-electron chi connectivity index (χ0n) is 4.82. The van der Waals surface area contributed by atoms with Crippen molar-refractivity contribution in [2.24, 2.45) is 0 Å². The third kappa shape index (κ3) is 1.35. The van der Waals surface area contributed by atoms with E-state index in [9.17, 15) is 0 Å². The topological polar surface area (TPSA) is 12.0 Å². The fourth-order valence-electron chi connectivity index (χ4n) is 0.536. The van der Waals surface area contributed by atoms with E-state index < -0.39 is 0 Å². The first-order valence-corrected chi connectivity index (χ1v) is 3.79. The average Bonchev–Trinajstić information content (AvgIpc) is 2.22. The normalized spacial score (nSPS) is 24.9. The second-order valence-electron chi connectivity index (χ2n) is 2.37. The Labute approximate surface area is 49.0 Å². The lowest BCUT2D eigenvalue weighted by Gasteiger charge is -2.04. The van der Waals surface area contributed by atoms with E-state index >= 15 is 0 Å². The molecule has 0 aromatic carbocycles. The van der Waals surface area contributed by atoms with E-state index in [1.54, 1.807) is 11.9 Å². The highest BCUT2D eigenvalue weighted by molar-refractivity contribution is 7.96. The Morgan fingerprint density at radius 3 is 2.29 bits per heavy atom. The number of rotatable bonds is 2. The molecule has 0 aromatic heterocycles. The standard InChI is InChI=1S/C5H11NS/c1-5(3-4-5)6-7-2/h6H,3-4H2,1-2H3. The van der Waals surface area contributed by atoms with Crippen LogP contribution in [0, 0.1) is 0 Å². The second-order valence-corrected chi connectivity index (χ2v) is 2.98. The number of hydrogen-bond acceptors (Lipinski definition) is 2. The maximum absolute atomic E-state index is 3.31. The minimum absolute atomic E-state index is 0.513. The van der Waals surface area contributed by atoms with Gasteiger partial charge in [-0.3, -0.25) is 4.72 Å². The van der Waals surface area contributed by atoms with Gasteiger partial charge in [-0.2, -0.15) is 0 Å². The molecule has 1 aliphatic carbocycles. The highest BCUT2D eigenvalue weighted by atomic mass is 32.2. The Morgan fingerprint density at radius 1 is 1.57 bits per heavy atom. The zero-order chi connectivity index (χ0) is 5.33. The lowest BCUT2D eigenvalue weighted by atomic mass is 10.4. The van der Waals surface area contributed by atoms with Crippen LogP contribution in [-0.2, 0) is 0 Å². The largest absolute Gasteiger partial charge is 0.258 e. The molecule has 42 valence electrons. The zero-order valence-corrected chi connectivity index (χ0v) is 5.64. The monoisotopic (exact) mass is 117 g/mol. The van der Waals surface area contributed by atoms with Crippen LogP contribution in [0.4, 0.5) is 0 Å².